The topological polar surface area (TPSA) is 65.1 Å². The van der Waals surface area contributed by atoms with E-state index in [4.69, 9.17) is 10.9 Å². The summed E-state index contributed by atoms with van der Waals surface area (Å²) in [6.45, 7) is 4.39. The van der Waals surface area contributed by atoms with Crippen LogP contribution in [0.5, 0.6) is 0 Å². The Bertz CT molecular complexity index is 489. The molecule has 1 aromatic rings. The Morgan fingerprint density at radius 1 is 1.30 bits per heavy atom. The van der Waals surface area contributed by atoms with E-state index in [-0.39, 0.29) is 11.7 Å². The smallest absolute Gasteiger partial charge is 0.153 e. The third-order valence-electron chi connectivity index (χ3n) is 3.38. The molecule has 3 N–H and O–H groups in total. The maximum atomic E-state index is 13.7. The summed E-state index contributed by atoms with van der Waals surface area (Å²) < 4.78 is 14.6. The lowest BCUT2D eigenvalue weighted by Crippen LogP contribution is -2.48. The van der Waals surface area contributed by atoms with Crippen molar-refractivity contribution in [3.63, 3.8) is 0 Å². The molecule has 1 aliphatic heterocycles. The lowest BCUT2D eigenvalue weighted by atomic mass is 10.2. The highest BCUT2D eigenvalue weighted by atomic mass is 79.9. The first kappa shape index (κ1) is 15.2. The molecule has 1 aliphatic rings. The Kier molecular flexibility index (Phi) is 5.33. The van der Waals surface area contributed by atoms with Crippen LogP contribution < -0.4 is 5.73 Å². The molecule has 1 fully saturated rings. The molecule has 2 rings (SSSR count). The van der Waals surface area contributed by atoms with Gasteiger partial charge in [0.25, 0.3) is 0 Å². The molecule has 0 aliphatic carbocycles. The van der Waals surface area contributed by atoms with Gasteiger partial charge in [0.1, 0.15) is 5.82 Å². The van der Waals surface area contributed by atoms with Gasteiger partial charge in [0, 0.05) is 42.8 Å². The predicted molar refractivity (Wildman–Crippen MR) is 79.2 cm³/mol. The third kappa shape index (κ3) is 4.16. The van der Waals surface area contributed by atoms with Crippen molar-refractivity contribution in [3.8, 4) is 0 Å². The van der Waals surface area contributed by atoms with Gasteiger partial charge in [-0.3, -0.25) is 9.80 Å². The molecular weight excluding hydrogens is 327 g/mol. The van der Waals surface area contributed by atoms with Crippen LogP contribution in [0.1, 0.15) is 5.56 Å². The van der Waals surface area contributed by atoms with Crippen LogP contribution in [0, 0.1) is 5.82 Å². The SMILES string of the molecule is NC(CN1CCN(Cc2cc(Br)ccc2F)CC1)=NO. The number of halogens is 2. The summed E-state index contributed by atoms with van der Waals surface area (Å²) >= 11 is 3.36. The van der Waals surface area contributed by atoms with Gasteiger partial charge in [-0.15, -0.1) is 0 Å². The average molecular weight is 345 g/mol. The lowest BCUT2D eigenvalue weighted by molar-refractivity contribution is 0.138. The summed E-state index contributed by atoms with van der Waals surface area (Å²) in [6.07, 6.45) is 0. The molecule has 0 saturated carbocycles. The number of rotatable bonds is 4. The number of nitrogens with two attached hydrogens (primary N) is 1. The van der Waals surface area contributed by atoms with E-state index in [1.54, 1.807) is 6.07 Å². The fourth-order valence-electron chi connectivity index (χ4n) is 2.27. The Hall–Kier alpha value is -1.18. The molecule has 1 heterocycles. The standard InChI is InChI=1S/C13H18BrFN4O/c14-11-1-2-12(15)10(7-11)8-18-3-5-19(6-4-18)9-13(16)17-20/h1-2,7,20H,3-6,8-9H2,(H2,16,17). The van der Waals surface area contributed by atoms with Crippen molar-refractivity contribution in [2.24, 2.45) is 10.9 Å². The Labute approximate surface area is 126 Å². The first-order valence-electron chi connectivity index (χ1n) is 6.43. The number of hydrogen-bond acceptors (Lipinski definition) is 4. The number of amidine groups is 1. The van der Waals surface area contributed by atoms with Crippen molar-refractivity contribution in [1.29, 1.82) is 0 Å². The molecule has 7 heteroatoms. The van der Waals surface area contributed by atoms with Crippen LogP contribution in [0.2, 0.25) is 0 Å². The zero-order valence-corrected chi connectivity index (χ0v) is 12.7. The van der Waals surface area contributed by atoms with E-state index in [9.17, 15) is 4.39 Å². The summed E-state index contributed by atoms with van der Waals surface area (Å²) in [5.74, 6) is 0.0452. The molecule has 20 heavy (non-hydrogen) atoms. The second-order valence-electron chi connectivity index (χ2n) is 4.88. The van der Waals surface area contributed by atoms with Crippen molar-refractivity contribution in [2.75, 3.05) is 32.7 Å². The Balaban J connectivity index is 1.87. The van der Waals surface area contributed by atoms with E-state index in [2.05, 4.69) is 30.9 Å². The van der Waals surface area contributed by atoms with Crippen molar-refractivity contribution in [3.05, 3.63) is 34.1 Å². The third-order valence-corrected chi connectivity index (χ3v) is 3.87. The number of oxime groups is 1. The second-order valence-corrected chi connectivity index (χ2v) is 5.80. The van der Waals surface area contributed by atoms with Crippen LogP contribution in [0.3, 0.4) is 0 Å². The van der Waals surface area contributed by atoms with E-state index in [0.717, 1.165) is 30.7 Å². The highest BCUT2D eigenvalue weighted by Gasteiger charge is 2.18. The van der Waals surface area contributed by atoms with E-state index in [1.807, 2.05) is 6.07 Å². The monoisotopic (exact) mass is 344 g/mol. The maximum Gasteiger partial charge on any atom is 0.153 e. The summed E-state index contributed by atoms with van der Waals surface area (Å²) in [5.41, 5.74) is 6.19. The van der Waals surface area contributed by atoms with Gasteiger partial charge in [0.15, 0.2) is 5.84 Å². The van der Waals surface area contributed by atoms with Gasteiger partial charge >= 0.3 is 0 Å². The van der Waals surface area contributed by atoms with Crippen molar-refractivity contribution >= 4 is 21.8 Å². The number of hydrogen-bond donors (Lipinski definition) is 2. The average Bonchev–Trinajstić information content (AvgIpc) is 2.45. The molecule has 0 aromatic heterocycles. The molecule has 0 amide bonds. The van der Waals surface area contributed by atoms with Crippen molar-refractivity contribution in [1.82, 2.24) is 9.80 Å². The highest BCUT2D eigenvalue weighted by Crippen LogP contribution is 2.18. The van der Waals surface area contributed by atoms with Gasteiger partial charge in [0.2, 0.25) is 0 Å². The Morgan fingerprint density at radius 3 is 2.60 bits per heavy atom. The highest BCUT2D eigenvalue weighted by molar-refractivity contribution is 9.10. The van der Waals surface area contributed by atoms with E-state index < -0.39 is 0 Å². The molecule has 1 aromatic carbocycles. The lowest BCUT2D eigenvalue weighted by Gasteiger charge is -2.34. The minimum absolute atomic E-state index is 0.174. The van der Waals surface area contributed by atoms with Gasteiger partial charge in [0.05, 0.1) is 6.54 Å². The van der Waals surface area contributed by atoms with E-state index >= 15 is 0 Å². The van der Waals surface area contributed by atoms with Crippen LogP contribution in [0.15, 0.2) is 27.8 Å². The molecule has 0 unspecified atom stereocenters. The van der Waals surface area contributed by atoms with E-state index in [1.165, 1.54) is 6.07 Å². The summed E-state index contributed by atoms with van der Waals surface area (Å²) in [7, 11) is 0. The largest absolute Gasteiger partial charge is 0.409 e. The van der Waals surface area contributed by atoms with Gasteiger partial charge in [-0.25, -0.2) is 4.39 Å². The molecule has 0 radical (unpaired) electrons. The minimum Gasteiger partial charge on any atom is -0.409 e. The fourth-order valence-corrected chi connectivity index (χ4v) is 2.68. The molecular formula is C13H18BrFN4O. The molecule has 1 saturated heterocycles. The number of benzene rings is 1. The van der Waals surface area contributed by atoms with Crippen LogP contribution in [-0.2, 0) is 6.54 Å². The van der Waals surface area contributed by atoms with Crippen LogP contribution in [0.25, 0.3) is 0 Å². The van der Waals surface area contributed by atoms with Crippen molar-refractivity contribution < 1.29 is 9.60 Å². The molecule has 110 valence electrons. The maximum absolute atomic E-state index is 13.7. The molecule has 0 spiro atoms. The molecule has 0 bridgehead atoms. The normalized spacial score (nSPS) is 18.4. The zero-order chi connectivity index (χ0) is 14.5. The van der Waals surface area contributed by atoms with Gasteiger partial charge in [-0.1, -0.05) is 21.1 Å². The molecule has 0 atom stereocenters. The van der Waals surface area contributed by atoms with Gasteiger partial charge < -0.3 is 10.9 Å². The predicted octanol–water partition coefficient (Wildman–Crippen LogP) is 1.45. The quantitative estimate of drug-likeness (QED) is 0.375. The first-order chi connectivity index (χ1) is 9.58. The van der Waals surface area contributed by atoms with Crippen LogP contribution in [0.4, 0.5) is 4.39 Å². The fraction of sp³-hybridized carbons (Fsp3) is 0.462. The first-order valence-corrected chi connectivity index (χ1v) is 7.23. The second kappa shape index (κ2) is 7.01. The number of piperazine rings is 1. The van der Waals surface area contributed by atoms with Crippen molar-refractivity contribution in [2.45, 2.75) is 6.54 Å². The summed E-state index contributed by atoms with van der Waals surface area (Å²) in [4.78, 5) is 4.32. The molecule has 5 nitrogen and oxygen atoms in total. The summed E-state index contributed by atoms with van der Waals surface area (Å²) in [5, 5.41) is 11.5. The summed E-state index contributed by atoms with van der Waals surface area (Å²) in [6, 6.07) is 5.00. The van der Waals surface area contributed by atoms with Gasteiger partial charge in [-0.2, -0.15) is 0 Å². The number of nitrogens with zero attached hydrogens (tertiary/aromatic N) is 3. The minimum atomic E-state index is -0.174. The zero-order valence-electron chi connectivity index (χ0n) is 11.1. The Morgan fingerprint density at radius 2 is 1.95 bits per heavy atom. The van der Waals surface area contributed by atoms with Crippen LogP contribution in [-0.4, -0.2) is 53.6 Å². The van der Waals surface area contributed by atoms with E-state index in [0.29, 0.717) is 18.7 Å². The van der Waals surface area contributed by atoms with Gasteiger partial charge in [-0.05, 0) is 18.2 Å². The van der Waals surface area contributed by atoms with Crippen LogP contribution >= 0.6 is 15.9 Å².